The molecule has 0 aliphatic heterocycles. The highest BCUT2D eigenvalue weighted by Crippen LogP contribution is 2.18. The second kappa shape index (κ2) is 8.99. The van der Waals surface area contributed by atoms with Gasteiger partial charge >= 0.3 is 0 Å². The Bertz CT molecular complexity index is 976. The highest BCUT2D eigenvalue weighted by atomic mass is 16.1. The molecule has 0 saturated heterocycles. The number of hydrogen-bond donors (Lipinski definition) is 0. The first-order valence-electron chi connectivity index (χ1n) is 9.13. The molecule has 2 aromatic heterocycles. The summed E-state index contributed by atoms with van der Waals surface area (Å²) in [5.74, 6) is 1.60. The molecule has 3 aromatic rings. The smallest absolute Gasteiger partial charge is 0.165 e. The summed E-state index contributed by atoms with van der Waals surface area (Å²) >= 11 is 0. The Morgan fingerprint density at radius 1 is 1.14 bits per heavy atom. The van der Waals surface area contributed by atoms with Crippen LogP contribution in [-0.4, -0.2) is 31.3 Å². The summed E-state index contributed by atoms with van der Waals surface area (Å²) < 4.78 is 1.96. The fourth-order valence-corrected chi connectivity index (χ4v) is 2.97. The van der Waals surface area contributed by atoms with E-state index in [9.17, 15) is 9.59 Å². The van der Waals surface area contributed by atoms with Gasteiger partial charge in [-0.15, -0.1) is 16.8 Å². The fraction of sp³-hybridized carbons (Fsp3) is 0.227. The largest absolute Gasteiger partial charge is 0.307 e. The van der Waals surface area contributed by atoms with E-state index in [1.165, 1.54) is 6.92 Å². The van der Waals surface area contributed by atoms with Crippen LogP contribution in [0.4, 0.5) is 0 Å². The van der Waals surface area contributed by atoms with Gasteiger partial charge in [0.05, 0.1) is 0 Å². The van der Waals surface area contributed by atoms with Gasteiger partial charge in [-0.2, -0.15) is 0 Å². The van der Waals surface area contributed by atoms with E-state index in [0.717, 1.165) is 22.8 Å². The molecule has 0 bridgehead atoms. The molecule has 0 atom stereocenters. The lowest BCUT2D eigenvalue weighted by Gasteiger charge is -2.08. The lowest BCUT2D eigenvalue weighted by molar-refractivity contribution is -0.118. The minimum absolute atomic E-state index is 0.0175. The number of allylic oxidation sites excluding steroid dienone is 1. The van der Waals surface area contributed by atoms with Crippen LogP contribution in [-0.2, 0) is 24.2 Å². The van der Waals surface area contributed by atoms with Crippen molar-refractivity contribution in [2.45, 2.75) is 32.7 Å². The zero-order chi connectivity index (χ0) is 19.9. The molecular formula is C22H22N4O2. The van der Waals surface area contributed by atoms with E-state index < -0.39 is 0 Å². The molecule has 6 nitrogen and oxygen atoms in total. The van der Waals surface area contributed by atoms with Crippen LogP contribution >= 0.6 is 0 Å². The van der Waals surface area contributed by atoms with Crippen LogP contribution in [0.25, 0.3) is 11.4 Å². The van der Waals surface area contributed by atoms with E-state index in [4.69, 9.17) is 0 Å². The van der Waals surface area contributed by atoms with E-state index >= 15 is 0 Å². The van der Waals surface area contributed by atoms with Crippen molar-refractivity contribution in [3.05, 3.63) is 78.4 Å². The van der Waals surface area contributed by atoms with Crippen LogP contribution in [0.15, 0.2) is 61.4 Å². The van der Waals surface area contributed by atoms with Crippen molar-refractivity contribution in [1.29, 1.82) is 0 Å². The lowest BCUT2D eigenvalue weighted by atomic mass is 10.0. The van der Waals surface area contributed by atoms with Gasteiger partial charge in [0.1, 0.15) is 11.6 Å². The van der Waals surface area contributed by atoms with Gasteiger partial charge in [0.15, 0.2) is 11.6 Å². The summed E-state index contributed by atoms with van der Waals surface area (Å²) in [5.41, 5.74) is 2.43. The predicted molar refractivity (Wildman–Crippen MR) is 107 cm³/mol. The molecule has 28 heavy (non-hydrogen) atoms. The van der Waals surface area contributed by atoms with Crippen molar-refractivity contribution in [2.24, 2.45) is 0 Å². The molecule has 142 valence electrons. The van der Waals surface area contributed by atoms with Gasteiger partial charge in [-0.1, -0.05) is 30.3 Å². The summed E-state index contributed by atoms with van der Waals surface area (Å²) in [6.07, 6.45) is 6.44. The monoisotopic (exact) mass is 374 g/mol. The Morgan fingerprint density at radius 3 is 2.57 bits per heavy atom. The Labute approximate surface area is 164 Å². The summed E-state index contributed by atoms with van der Waals surface area (Å²) in [6, 6.07) is 10.9. The van der Waals surface area contributed by atoms with Crippen LogP contribution in [0, 0.1) is 0 Å². The van der Waals surface area contributed by atoms with Gasteiger partial charge in [-0.05, 0) is 24.6 Å². The molecule has 0 radical (unpaired) electrons. The average molecular weight is 374 g/mol. The number of hydrogen-bond acceptors (Lipinski definition) is 5. The number of rotatable bonds is 9. The maximum atomic E-state index is 12.4. The first-order chi connectivity index (χ1) is 13.6. The Morgan fingerprint density at radius 2 is 1.93 bits per heavy atom. The molecule has 0 saturated carbocycles. The number of aromatic nitrogens is 4. The molecule has 0 aliphatic rings. The van der Waals surface area contributed by atoms with Crippen molar-refractivity contribution in [3.8, 4) is 11.4 Å². The first kappa shape index (κ1) is 19.4. The Balaban J connectivity index is 1.66. The summed E-state index contributed by atoms with van der Waals surface area (Å²) in [5, 5.41) is 8.54. The molecular weight excluding hydrogens is 352 g/mol. The number of ketones is 2. The van der Waals surface area contributed by atoms with Gasteiger partial charge in [0.2, 0.25) is 0 Å². The first-order valence-corrected chi connectivity index (χ1v) is 9.13. The summed E-state index contributed by atoms with van der Waals surface area (Å²) in [4.78, 5) is 27.9. The minimum Gasteiger partial charge on any atom is -0.307 e. The maximum Gasteiger partial charge on any atom is 0.165 e. The van der Waals surface area contributed by atoms with Crippen LogP contribution in [0.5, 0.6) is 0 Å². The third-order valence-corrected chi connectivity index (χ3v) is 4.45. The van der Waals surface area contributed by atoms with Gasteiger partial charge in [-0.25, -0.2) is 0 Å². The van der Waals surface area contributed by atoms with Gasteiger partial charge in [-0.3, -0.25) is 14.6 Å². The molecule has 0 spiro atoms. The SMILES string of the molecule is C=CCn1c(CCC(=O)Cc2ccc(C(C)=O)cc2)nnc1-c1cccnc1. The Hall–Kier alpha value is -3.41. The normalized spacial score (nSPS) is 10.6. The van der Waals surface area contributed by atoms with Gasteiger partial charge in [0, 0.05) is 49.3 Å². The second-order valence-electron chi connectivity index (χ2n) is 6.55. The molecule has 0 aliphatic carbocycles. The van der Waals surface area contributed by atoms with Crippen molar-refractivity contribution < 1.29 is 9.59 Å². The minimum atomic E-state index is 0.0175. The lowest BCUT2D eigenvalue weighted by Crippen LogP contribution is -2.09. The van der Waals surface area contributed by atoms with Crippen LogP contribution < -0.4 is 0 Å². The topological polar surface area (TPSA) is 77.7 Å². The zero-order valence-electron chi connectivity index (χ0n) is 15.8. The quantitative estimate of drug-likeness (QED) is 0.423. The summed E-state index contributed by atoms with van der Waals surface area (Å²) in [6.45, 7) is 5.89. The molecule has 0 unspecified atom stereocenters. The fourth-order valence-electron chi connectivity index (χ4n) is 2.97. The highest BCUT2D eigenvalue weighted by Gasteiger charge is 2.14. The number of nitrogens with zero attached hydrogens (tertiary/aromatic N) is 4. The van der Waals surface area contributed by atoms with E-state index in [0.29, 0.717) is 31.4 Å². The van der Waals surface area contributed by atoms with Crippen molar-refractivity contribution in [3.63, 3.8) is 0 Å². The van der Waals surface area contributed by atoms with E-state index in [1.54, 1.807) is 30.6 Å². The van der Waals surface area contributed by atoms with Crippen molar-refractivity contribution in [1.82, 2.24) is 19.7 Å². The van der Waals surface area contributed by atoms with Crippen molar-refractivity contribution in [2.75, 3.05) is 0 Å². The second-order valence-corrected chi connectivity index (χ2v) is 6.55. The van der Waals surface area contributed by atoms with Gasteiger partial charge < -0.3 is 4.57 Å². The number of benzene rings is 1. The third kappa shape index (κ3) is 4.65. The van der Waals surface area contributed by atoms with E-state index in [-0.39, 0.29) is 11.6 Å². The number of aryl methyl sites for hydroxylation is 1. The number of pyridine rings is 1. The standard InChI is InChI=1S/C22H22N4O2/c1-3-13-26-21(24-25-22(26)19-5-4-12-23-15-19)11-10-20(28)14-17-6-8-18(9-7-17)16(2)27/h3-9,12,15H,1,10-11,13-14H2,2H3. The molecule has 3 rings (SSSR count). The molecule has 0 amide bonds. The van der Waals surface area contributed by atoms with E-state index in [2.05, 4.69) is 21.8 Å². The molecule has 2 heterocycles. The van der Waals surface area contributed by atoms with Crippen LogP contribution in [0.2, 0.25) is 0 Å². The zero-order valence-corrected chi connectivity index (χ0v) is 15.8. The van der Waals surface area contributed by atoms with Gasteiger partial charge in [0.25, 0.3) is 0 Å². The Kier molecular flexibility index (Phi) is 6.22. The highest BCUT2D eigenvalue weighted by molar-refractivity contribution is 5.94. The predicted octanol–water partition coefficient (Wildman–Crippen LogP) is 3.47. The summed E-state index contributed by atoms with van der Waals surface area (Å²) in [7, 11) is 0. The van der Waals surface area contributed by atoms with E-state index in [1.807, 2.05) is 28.8 Å². The number of carbonyl (C=O) groups is 2. The van der Waals surface area contributed by atoms with Crippen molar-refractivity contribution >= 4 is 11.6 Å². The van der Waals surface area contributed by atoms with Crippen LogP contribution in [0.1, 0.15) is 35.1 Å². The molecule has 1 aromatic carbocycles. The maximum absolute atomic E-state index is 12.4. The van der Waals surface area contributed by atoms with Crippen LogP contribution in [0.3, 0.4) is 0 Å². The molecule has 0 fully saturated rings. The third-order valence-electron chi connectivity index (χ3n) is 4.45. The number of Topliss-reactive ketones (excluding diaryl/α,β-unsaturated/α-hetero) is 2. The molecule has 0 N–H and O–H groups in total. The average Bonchev–Trinajstić information content (AvgIpc) is 3.10. The number of carbonyl (C=O) groups excluding carboxylic acids is 2. The molecule has 6 heteroatoms.